The minimum absolute atomic E-state index is 0.0752. The monoisotopic (exact) mass is 381 g/mol. The van der Waals surface area contributed by atoms with Crippen molar-refractivity contribution in [1.82, 2.24) is 0 Å². The molecule has 0 bridgehead atoms. The van der Waals surface area contributed by atoms with Crippen LogP contribution in [-0.2, 0) is 9.53 Å². The van der Waals surface area contributed by atoms with Crippen LogP contribution in [0.1, 0.15) is 41.1 Å². The van der Waals surface area contributed by atoms with Crippen LogP contribution in [0, 0.1) is 5.92 Å². The molecule has 6 nitrogen and oxygen atoms in total. The minimum atomic E-state index is -0.428. The van der Waals surface area contributed by atoms with Crippen LogP contribution < -0.4 is 14.8 Å². The first-order chi connectivity index (χ1) is 13.6. The van der Waals surface area contributed by atoms with Gasteiger partial charge in [0.25, 0.3) is 0 Å². The highest BCUT2D eigenvalue weighted by Gasteiger charge is 2.34. The van der Waals surface area contributed by atoms with Crippen LogP contribution in [0.15, 0.2) is 42.5 Å². The highest BCUT2D eigenvalue weighted by Crippen LogP contribution is 2.46. The number of anilines is 1. The molecule has 2 aromatic rings. The molecule has 28 heavy (non-hydrogen) atoms. The van der Waals surface area contributed by atoms with Gasteiger partial charge in [-0.15, -0.1) is 0 Å². The molecule has 2 aliphatic rings. The molecule has 1 unspecified atom stereocenters. The van der Waals surface area contributed by atoms with Crippen molar-refractivity contribution in [2.75, 3.05) is 25.6 Å². The van der Waals surface area contributed by atoms with Crippen LogP contribution in [0.25, 0.3) is 0 Å². The Labute approximate surface area is 163 Å². The largest absolute Gasteiger partial charge is 0.486 e. The van der Waals surface area contributed by atoms with Crippen molar-refractivity contribution in [3.8, 4) is 11.5 Å². The molecule has 4 rings (SSSR count). The van der Waals surface area contributed by atoms with Gasteiger partial charge in [-0.3, -0.25) is 4.79 Å². The molecule has 146 valence electrons. The van der Waals surface area contributed by atoms with Crippen LogP contribution in [0.3, 0.4) is 0 Å². The first-order valence-electron chi connectivity index (χ1n) is 9.52. The van der Waals surface area contributed by atoms with E-state index in [-0.39, 0.29) is 11.8 Å². The van der Waals surface area contributed by atoms with E-state index in [0.717, 1.165) is 29.9 Å². The van der Waals surface area contributed by atoms with Crippen molar-refractivity contribution in [2.24, 2.45) is 5.92 Å². The molecular weight excluding hydrogens is 358 g/mol. The zero-order valence-corrected chi connectivity index (χ0v) is 15.8. The van der Waals surface area contributed by atoms with Gasteiger partial charge < -0.3 is 19.5 Å². The topological polar surface area (TPSA) is 73.9 Å². The summed E-state index contributed by atoms with van der Waals surface area (Å²) in [4.78, 5) is 24.4. The van der Waals surface area contributed by atoms with E-state index in [2.05, 4.69) is 5.32 Å². The third-order valence-electron chi connectivity index (χ3n) is 5.16. The van der Waals surface area contributed by atoms with Crippen molar-refractivity contribution >= 4 is 17.6 Å². The summed E-state index contributed by atoms with van der Waals surface area (Å²) in [7, 11) is 1.33. The van der Waals surface area contributed by atoms with Gasteiger partial charge in [0.2, 0.25) is 5.91 Å². The van der Waals surface area contributed by atoms with Crippen molar-refractivity contribution < 1.29 is 23.8 Å². The molecular formula is C22H23NO5. The fraction of sp³-hybridized carbons (Fsp3) is 0.364. The lowest BCUT2D eigenvalue weighted by Gasteiger charge is -2.22. The molecule has 1 fully saturated rings. The van der Waals surface area contributed by atoms with E-state index in [1.54, 1.807) is 24.3 Å². The van der Waals surface area contributed by atoms with Crippen LogP contribution >= 0.6 is 0 Å². The van der Waals surface area contributed by atoms with Gasteiger partial charge in [0.1, 0.15) is 13.2 Å². The molecule has 1 heterocycles. The second-order valence-corrected chi connectivity index (χ2v) is 7.17. The molecule has 1 aliphatic carbocycles. The van der Waals surface area contributed by atoms with Gasteiger partial charge in [-0.25, -0.2) is 4.79 Å². The lowest BCUT2D eigenvalue weighted by molar-refractivity contribution is -0.116. The van der Waals surface area contributed by atoms with Crippen molar-refractivity contribution in [2.45, 2.75) is 25.2 Å². The normalized spacial score (nSPS) is 16.2. The lowest BCUT2D eigenvalue weighted by Crippen LogP contribution is -2.18. The predicted octanol–water partition coefficient (Wildman–Crippen LogP) is 3.77. The van der Waals surface area contributed by atoms with Gasteiger partial charge in [-0.2, -0.15) is 0 Å². The molecule has 1 saturated carbocycles. The number of fused-ring (bicyclic) bond motifs is 1. The minimum Gasteiger partial charge on any atom is -0.486 e. The summed E-state index contributed by atoms with van der Waals surface area (Å²) in [6, 6.07) is 12.7. The fourth-order valence-corrected chi connectivity index (χ4v) is 3.60. The second-order valence-electron chi connectivity index (χ2n) is 7.17. The quantitative estimate of drug-likeness (QED) is 0.771. The first-order valence-corrected chi connectivity index (χ1v) is 9.52. The number of amides is 1. The zero-order valence-electron chi connectivity index (χ0n) is 15.8. The molecule has 1 aliphatic heterocycles. The number of hydrogen-bond donors (Lipinski definition) is 1. The number of benzene rings is 2. The molecule has 0 saturated heterocycles. The molecule has 0 spiro atoms. The zero-order chi connectivity index (χ0) is 19.5. The second kappa shape index (κ2) is 7.92. The number of carbonyl (C=O) groups is 2. The number of nitrogens with one attached hydrogen (secondary N) is 1. The van der Waals surface area contributed by atoms with E-state index >= 15 is 0 Å². The van der Waals surface area contributed by atoms with Crippen LogP contribution in [-0.4, -0.2) is 32.2 Å². The first kappa shape index (κ1) is 18.3. The summed E-state index contributed by atoms with van der Waals surface area (Å²) >= 11 is 0. The molecule has 1 N–H and O–H groups in total. The van der Waals surface area contributed by atoms with Crippen LogP contribution in [0.5, 0.6) is 11.5 Å². The Hall–Kier alpha value is -3.02. The smallest absolute Gasteiger partial charge is 0.337 e. The third kappa shape index (κ3) is 4.11. The van der Waals surface area contributed by atoms with E-state index in [4.69, 9.17) is 14.2 Å². The van der Waals surface area contributed by atoms with E-state index in [1.165, 1.54) is 7.11 Å². The number of esters is 1. The lowest BCUT2D eigenvalue weighted by atomic mass is 9.90. The van der Waals surface area contributed by atoms with Gasteiger partial charge in [0.05, 0.1) is 12.7 Å². The fourth-order valence-electron chi connectivity index (χ4n) is 3.60. The maximum atomic E-state index is 12.7. The Balaban J connectivity index is 1.47. The van der Waals surface area contributed by atoms with Gasteiger partial charge in [-0.05, 0) is 60.6 Å². The molecule has 1 atom stereocenters. The average molecular weight is 381 g/mol. The van der Waals surface area contributed by atoms with E-state index in [1.807, 2.05) is 18.2 Å². The number of methoxy groups -OCH3 is 1. The summed E-state index contributed by atoms with van der Waals surface area (Å²) in [5, 5.41) is 2.90. The van der Waals surface area contributed by atoms with Gasteiger partial charge in [0, 0.05) is 12.1 Å². The molecule has 0 radical (unpaired) electrons. The molecule has 1 amide bonds. The SMILES string of the molecule is COC(=O)c1cccc(NC(=O)CC(c2ccc3c(c2)OCCO3)C2CC2)c1. The Morgan fingerprint density at radius 1 is 1.11 bits per heavy atom. The third-order valence-corrected chi connectivity index (χ3v) is 5.16. The summed E-state index contributed by atoms with van der Waals surface area (Å²) < 4.78 is 16.0. The van der Waals surface area contributed by atoms with E-state index < -0.39 is 5.97 Å². The van der Waals surface area contributed by atoms with Gasteiger partial charge >= 0.3 is 5.97 Å². The van der Waals surface area contributed by atoms with Gasteiger partial charge in [0.15, 0.2) is 11.5 Å². The van der Waals surface area contributed by atoms with E-state index in [0.29, 0.717) is 36.8 Å². The summed E-state index contributed by atoms with van der Waals surface area (Å²) in [6.07, 6.45) is 2.64. The van der Waals surface area contributed by atoms with E-state index in [9.17, 15) is 9.59 Å². The van der Waals surface area contributed by atoms with Crippen molar-refractivity contribution in [1.29, 1.82) is 0 Å². The maximum Gasteiger partial charge on any atom is 0.337 e. The van der Waals surface area contributed by atoms with Gasteiger partial charge in [-0.1, -0.05) is 12.1 Å². The molecule has 2 aromatic carbocycles. The number of carbonyl (C=O) groups excluding carboxylic acids is 2. The van der Waals surface area contributed by atoms with Crippen molar-refractivity contribution in [3.05, 3.63) is 53.6 Å². The summed E-state index contributed by atoms with van der Waals surface area (Å²) in [6.45, 7) is 1.10. The van der Waals surface area contributed by atoms with Crippen LogP contribution in [0.4, 0.5) is 5.69 Å². The van der Waals surface area contributed by atoms with Crippen molar-refractivity contribution in [3.63, 3.8) is 0 Å². The average Bonchev–Trinajstić information content (AvgIpc) is 3.56. The maximum absolute atomic E-state index is 12.7. The predicted molar refractivity (Wildman–Crippen MR) is 104 cm³/mol. The Kier molecular flexibility index (Phi) is 5.19. The molecule has 0 aromatic heterocycles. The Bertz CT molecular complexity index is 890. The highest BCUT2D eigenvalue weighted by molar-refractivity contribution is 5.94. The summed E-state index contributed by atoms with van der Waals surface area (Å²) in [5.74, 6) is 1.65. The number of hydrogen-bond acceptors (Lipinski definition) is 5. The number of ether oxygens (including phenoxy) is 3. The standard InChI is InChI=1S/C22H23NO5/c1-26-22(25)16-3-2-4-17(11-16)23-21(24)13-18(14-5-6-14)15-7-8-19-20(12-15)28-10-9-27-19/h2-4,7-8,11-12,14,18H,5-6,9-10,13H2,1H3,(H,23,24). The Morgan fingerprint density at radius 2 is 1.89 bits per heavy atom. The Morgan fingerprint density at radius 3 is 2.64 bits per heavy atom. The molecule has 6 heteroatoms. The highest BCUT2D eigenvalue weighted by atomic mass is 16.6. The van der Waals surface area contributed by atoms with Crippen LogP contribution in [0.2, 0.25) is 0 Å². The number of rotatable bonds is 6. The summed E-state index contributed by atoms with van der Waals surface area (Å²) in [5.41, 5.74) is 2.10.